The molecule has 2 unspecified atom stereocenters. The van der Waals surface area contributed by atoms with Gasteiger partial charge < -0.3 is 20.7 Å². The number of hydrogen-bond acceptors (Lipinski definition) is 7. The van der Waals surface area contributed by atoms with E-state index in [-0.39, 0.29) is 29.9 Å². The molecule has 0 bridgehead atoms. The molecule has 0 aromatic carbocycles. The lowest BCUT2D eigenvalue weighted by Crippen LogP contribution is -2.48. The monoisotopic (exact) mass is 494 g/mol. The lowest BCUT2D eigenvalue weighted by molar-refractivity contribution is -0.117. The van der Waals surface area contributed by atoms with Crippen molar-refractivity contribution in [3.63, 3.8) is 0 Å². The van der Waals surface area contributed by atoms with Gasteiger partial charge in [-0.05, 0) is 43.5 Å². The third kappa shape index (κ3) is 4.86. The topological polar surface area (TPSA) is 126 Å². The van der Waals surface area contributed by atoms with E-state index < -0.39 is 0 Å². The van der Waals surface area contributed by atoms with Crippen LogP contribution in [0.25, 0.3) is 10.2 Å². The maximum atomic E-state index is 13.2. The van der Waals surface area contributed by atoms with Gasteiger partial charge in [0, 0.05) is 38.7 Å². The maximum Gasteiger partial charge on any atom is 0.331 e. The molecule has 4 heterocycles. The number of methoxy groups -OCH3 is 1. The van der Waals surface area contributed by atoms with Crippen LogP contribution in [0.4, 0.5) is 21.9 Å². The van der Waals surface area contributed by atoms with Crippen LogP contribution in [-0.4, -0.2) is 54.1 Å². The number of ether oxygens (including phenoxy) is 1. The van der Waals surface area contributed by atoms with Gasteiger partial charge in [0.1, 0.15) is 9.71 Å². The number of urea groups is 1. The van der Waals surface area contributed by atoms with Crippen LogP contribution in [0.2, 0.25) is 0 Å². The van der Waals surface area contributed by atoms with E-state index in [1.54, 1.807) is 51.0 Å². The Morgan fingerprint density at radius 2 is 1.97 bits per heavy atom. The van der Waals surface area contributed by atoms with E-state index >= 15 is 0 Å². The number of hydrogen-bond donors (Lipinski definition) is 3. The number of aromatic nitrogens is 2. The van der Waals surface area contributed by atoms with Gasteiger partial charge >= 0.3 is 6.03 Å². The first-order valence-electron chi connectivity index (χ1n) is 11.0. The molecule has 5 rings (SSSR count). The van der Waals surface area contributed by atoms with Crippen molar-refractivity contribution in [2.45, 2.75) is 31.3 Å². The van der Waals surface area contributed by atoms with E-state index in [1.807, 2.05) is 0 Å². The van der Waals surface area contributed by atoms with Gasteiger partial charge in [-0.1, -0.05) is 6.58 Å². The summed E-state index contributed by atoms with van der Waals surface area (Å²) in [5.41, 5.74) is 1.72. The molecular formula is C24H26N6O4S. The van der Waals surface area contributed by atoms with Crippen molar-refractivity contribution in [3.8, 4) is 0 Å². The van der Waals surface area contributed by atoms with E-state index in [1.165, 1.54) is 22.3 Å². The summed E-state index contributed by atoms with van der Waals surface area (Å²) in [6.07, 6.45) is 8.54. The first-order chi connectivity index (χ1) is 17.0. The van der Waals surface area contributed by atoms with Crippen molar-refractivity contribution in [2.75, 3.05) is 24.4 Å². The molecule has 2 atom stereocenters. The lowest BCUT2D eigenvalue weighted by Gasteiger charge is -2.28. The van der Waals surface area contributed by atoms with Gasteiger partial charge in [0.15, 0.2) is 0 Å². The highest BCUT2D eigenvalue weighted by Gasteiger charge is 2.35. The van der Waals surface area contributed by atoms with Crippen LogP contribution in [-0.2, 0) is 9.53 Å². The molecule has 4 amide bonds. The largest absolute Gasteiger partial charge is 0.388 e. The number of pyridine rings is 2. The second kappa shape index (κ2) is 10.6. The summed E-state index contributed by atoms with van der Waals surface area (Å²) in [7, 11) is 3.25. The van der Waals surface area contributed by atoms with Crippen molar-refractivity contribution in [2.24, 2.45) is 0 Å². The van der Waals surface area contributed by atoms with Crippen LogP contribution in [0.3, 0.4) is 0 Å². The standard InChI is InChI=1S/C22H20N6O3S.C2H6O/c1-2-16(29)25-13-6-3-7-14(13)26-20(30)19-18-17-15(8-10-24-21(17)32-19)28(22(31)27-18)12-5-4-9-23-11-12;1-3-2/h2,4-5,8-11,13-14H,1,3,6-7H2,(H,25,29)(H,26,30)(H,27,31);1-2H3. The summed E-state index contributed by atoms with van der Waals surface area (Å²) < 4.78 is 4.25. The fraction of sp³-hybridized carbons (Fsp3) is 0.292. The quantitative estimate of drug-likeness (QED) is 0.466. The summed E-state index contributed by atoms with van der Waals surface area (Å²) in [5.74, 6) is -0.557. The van der Waals surface area contributed by atoms with Crippen LogP contribution < -0.4 is 20.9 Å². The molecule has 1 fully saturated rings. The Kier molecular flexibility index (Phi) is 7.37. The highest BCUT2D eigenvalue weighted by Crippen LogP contribution is 2.45. The summed E-state index contributed by atoms with van der Waals surface area (Å²) in [5, 5.41) is 9.49. The number of nitrogens with one attached hydrogen (secondary N) is 3. The second-order valence-corrected chi connectivity index (χ2v) is 9.03. The number of carbonyl (C=O) groups excluding carboxylic acids is 3. The van der Waals surface area contributed by atoms with Crippen LogP contribution in [0.1, 0.15) is 28.9 Å². The zero-order chi connectivity index (χ0) is 24.9. The molecular weight excluding hydrogens is 468 g/mol. The normalized spacial score (nSPS) is 18.3. The van der Waals surface area contributed by atoms with Gasteiger partial charge in [0.05, 0.1) is 28.6 Å². The molecule has 1 aliphatic carbocycles. The molecule has 1 saturated carbocycles. The Bertz CT molecular complexity index is 1260. The van der Waals surface area contributed by atoms with E-state index in [9.17, 15) is 14.4 Å². The highest BCUT2D eigenvalue weighted by molar-refractivity contribution is 7.21. The molecule has 1 aliphatic heterocycles. The van der Waals surface area contributed by atoms with Gasteiger partial charge in [0.25, 0.3) is 5.91 Å². The van der Waals surface area contributed by atoms with E-state index in [2.05, 4.69) is 37.2 Å². The number of rotatable bonds is 5. The summed E-state index contributed by atoms with van der Waals surface area (Å²) in [6.45, 7) is 3.48. The van der Waals surface area contributed by atoms with Crippen LogP contribution >= 0.6 is 11.3 Å². The summed E-state index contributed by atoms with van der Waals surface area (Å²) in [4.78, 5) is 49.0. The van der Waals surface area contributed by atoms with Crippen molar-refractivity contribution in [1.29, 1.82) is 0 Å². The molecule has 2 aliphatic rings. The first-order valence-corrected chi connectivity index (χ1v) is 11.9. The van der Waals surface area contributed by atoms with Crippen LogP contribution in [0, 0.1) is 0 Å². The van der Waals surface area contributed by atoms with E-state index in [0.717, 1.165) is 19.3 Å². The minimum atomic E-state index is -0.373. The molecule has 3 N–H and O–H groups in total. The van der Waals surface area contributed by atoms with Gasteiger partial charge in [0.2, 0.25) is 5.91 Å². The molecule has 0 spiro atoms. The molecule has 11 heteroatoms. The Morgan fingerprint density at radius 1 is 1.23 bits per heavy atom. The number of thiophene rings is 1. The summed E-state index contributed by atoms with van der Waals surface area (Å²) in [6, 6.07) is 4.58. The van der Waals surface area contributed by atoms with Gasteiger partial charge in [-0.15, -0.1) is 11.3 Å². The SMILES string of the molecule is C=CC(=O)NC1CCCC1NC(=O)c1sc2nccc3c2c1NC(=O)N3c1cccnc1.COC. The number of carbonyl (C=O) groups is 3. The Balaban J connectivity index is 0.000000917. The van der Waals surface area contributed by atoms with Gasteiger partial charge in [-0.2, -0.15) is 0 Å². The first kappa shape index (κ1) is 24.3. The van der Waals surface area contributed by atoms with Crippen molar-refractivity contribution in [1.82, 2.24) is 20.6 Å². The molecule has 35 heavy (non-hydrogen) atoms. The average Bonchev–Trinajstić information content (AvgIpc) is 3.45. The zero-order valence-electron chi connectivity index (χ0n) is 19.4. The van der Waals surface area contributed by atoms with Crippen molar-refractivity contribution >= 4 is 56.5 Å². The average molecular weight is 495 g/mol. The Hall–Kier alpha value is -3.83. The van der Waals surface area contributed by atoms with E-state index in [4.69, 9.17) is 0 Å². The predicted octanol–water partition coefficient (Wildman–Crippen LogP) is 3.59. The highest BCUT2D eigenvalue weighted by atomic mass is 32.1. The van der Waals surface area contributed by atoms with Crippen molar-refractivity contribution in [3.05, 3.63) is 54.3 Å². The Labute approximate surface area is 206 Å². The molecule has 0 radical (unpaired) electrons. The third-order valence-electron chi connectivity index (χ3n) is 5.70. The fourth-order valence-electron chi connectivity index (χ4n) is 4.27. The maximum absolute atomic E-state index is 13.2. The van der Waals surface area contributed by atoms with Gasteiger partial charge in [-0.3, -0.25) is 19.5 Å². The Morgan fingerprint density at radius 3 is 2.66 bits per heavy atom. The number of anilines is 3. The minimum absolute atomic E-state index is 0.153. The van der Waals surface area contributed by atoms with Crippen molar-refractivity contribution < 1.29 is 19.1 Å². The minimum Gasteiger partial charge on any atom is -0.388 e. The van der Waals surface area contributed by atoms with Crippen LogP contribution in [0.5, 0.6) is 0 Å². The van der Waals surface area contributed by atoms with E-state index in [0.29, 0.717) is 32.2 Å². The lowest BCUT2D eigenvalue weighted by atomic mass is 10.1. The third-order valence-corrected chi connectivity index (χ3v) is 6.80. The second-order valence-electron chi connectivity index (χ2n) is 8.03. The molecule has 182 valence electrons. The zero-order valence-corrected chi connectivity index (χ0v) is 20.2. The predicted molar refractivity (Wildman–Crippen MR) is 135 cm³/mol. The van der Waals surface area contributed by atoms with Gasteiger partial charge in [-0.25, -0.2) is 9.78 Å². The molecule has 0 saturated heterocycles. The molecule has 3 aromatic heterocycles. The molecule has 10 nitrogen and oxygen atoms in total. The summed E-state index contributed by atoms with van der Waals surface area (Å²) >= 11 is 1.23. The van der Waals surface area contributed by atoms with Crippen LogP contribution in [0.15, 0.2) is 49.4 Å². The number of nitrogens with zero attached hydrogens (tertiary/aromatic N) is 3. The smallest absolute Gasteiger partial charge is 0.331 e. The fourth-order valence-corrected chi connectivity index (χ4v) is 5.29. The molecule has 3 aromatic rings. The number of amides is 4.